The van der Waals surface area contributed by atoms with Gasteiger partial charge in [-0.25, -0.2) is 0 Å². The molecule has 1 heterocycles. The monoisotopic (exact) mass is 472 g/mol. The number of fused-ring (bicyclic) bond motifs is 5. The van der Waals surface area contributed by atoms with Gasteiger partial charge in [0, 0.05) is 10.7 Å². The van der Waals surface area contributed by atoms with E-state index in [2.05, 4.69) is 5.32 Å². The maximum Gasteiger partial charge on any atom is 0.326 e. The molecule has 3 amide bonds. The van der Waals surface area contributed by atoms with Crippen molar-refractivity contribution >= 4 is 64.2 Å². The zero-order valence-electron chi connectivity index (χ0n) is 15.9. The molecule has 2 bridgehead atoms. The van der Waals surface area contributed by atoms with Gasteiger partial charge in [-0.3, -0.25) is 24.1 Å². The van der Waals surface area contributed by atoms with Crippen LogP contribution in [0.2, 0.25) is 5.02 Å². The number of carbonyl (C=O) groups excluding carboxylic acids is 4. The Balaban J connectivity index is 1.32. The van der Waals surface area contributed by atoms with Gasteiger partial charge in [-0.1, -0.05) is 17.7 Å². The minimum absolute atomic E-state index is 0.159. The molecule has 0 radical (unpaired) electrons. The van der Waals surface area contributed by atoms with Crippen LogP contribution in [0.4, 0.5) is 5.69 Å². The van der Waals surface area contributed by atoms with Crippen molar-refractivity contribution in [3.63, 3.8) is 0 Å². The summed E-state index contributed by atoms with van der Waals surface area (Å²) in [5, 5.41) is 2.34. The van der Waals surface area contributed by atoms with E-state index in [0.29, 0.717) is 17.1 Å². The van der Waals surface area contributed by atoms with Crippen LogP contribution < -0.4 is 5.32 Å². The van der Waals surface area contributed by atoms with Crippen LogP contribution in [0.3, 0.4) is 0 Å². The van der Waals surface area contributed by atoms with E-state index in [-0.39, 0.29) is 22.6 Å². The summed E-state index contributed by atoms with van der Waals surface area (Å²) >= 11 is 18.5. The number of imide groups is 1. The molecule has 6 atom stereocenters. The Morgan fingerprint density at radius 2 is 1.73 bits per heavy atom. The molecule has 1 N–H and O–H groups in total. The van der Waals surface area contributed by atoms with Gasteiger partial charge in [0.25, 0.3) is 5.91 Å². The smallest absolute Gasteiger partial charge is 0.326 e. The van der Waals surface area contributed by atoms with Gasteiger partial charge in [0.05, 0.1) is 22.6 Å². The first-order chi connectivity index (χ1) is 14.2. The van der Waals surface area contributed by atoms with Gasteiger partial charge in [-0.05, 0) is 42.9 Å². The maximum absolute atomic E-state index is 12.7. The Labute approximate surface area is 188 Å². The van der Waals surface area contributed by atoms with Crippen LogP contribution in [-0.4, -0.2) is 52.5 Å². The highest BCUT2D eigenvalue weighted by Crippen LogP contribution is 2.59. The summed E-state index contributed by atoms with van der Waals surface area (Å²) in [6.07, 6.45) is 0.649. The Morgan fingerprint density at radius 1 is 1.13 bits per heavy atom. The van der Waals surface area contributed by atoms with E-state index in [9.17, 15) is 19.2 Å². The third-order valence-corrected chi connectivity index (χ3v) is 7.76. The SMILES string of the molecule is Cc1ccc(Cl)cc1NC(=O)COC(=O)CN1C(=O)[C@@H]2[C@H]3C[C@@H]([C@H](Cl)[C@H]3Cl)[C@H]2C1=O. The second kappa shape index (κ2) is 8.02. The second-order valence-electron chi connectivity index (χ2n) is 7.93. The molecule has 3 aliphatic rings. The fourth-order valence-electron chi connectivity index (χ4n) is 4.80. The summed E-state index contributed by atoms with van der Waals surface area (Å²) in [4.78, 5) is 50.6. The molecular formula is C20H19Cl3N2O5. The lowest BCUT2D eigenvalue weighted by molar-refractivity contribution is -0.154. The molecule has 1 aromatic carbocycles. The number of nitrogens with one attached hydrogen (secondary N) is 1. The standard InChI is InChI=1S/C20H19Cl3N2O5/c1-8-2-3-9(21)4-12(8)24-13(26)7-30-14(27)6-25-19(28)15-10-5-11(16(15)20(25)29)18(23)17(10)22/h2-4,10-11,15-18H,5-7H2,1H3,(H,24,26)/t10-,11-,15-,16-,17+,18+/m1/s1. The molecule has 1 aromatic rings. The quantitative estimate of drug-likeness (QED) is 0.403. The molecule has 0 spiro atoms. The average Bonchev–Trinajstić information content (AvgIpc) is 3.30. The lowest BCUT2D eigenvalue weighted by Crippen LogP contribution is -2.38. The number of rotatable bonds is 5. The fraction of sp³-hybridized carbons (Fsp3) is 0.500. The van der Waals surface area contributed by atoms with Crippen LogP contribution >= 0.6 is 34.8 Å². The van der Waals surface area contributed by atoms with E-state index in [4.69, 9.17) is 39.5 Å². The largest absolute Gasteiger partial charge is 0.454 e. The van der Waals surface area contributed by atoms with Gasteiger partial charge < -0.3 is 10.1 Å². The van der Waals surface area contributed by atoms with E-state index >= 15 is 0 Å². The maximum atomic E-state index is 12.7. The molecule has 30 heavy (non-hydrogen) atoms. The van der Waals surface area contributed by atoms with Crippen LogP contribution in [-0.2, 0) is 23.9 Å². The van der Waals surface area contributed by atoms with Gasteiger partial charge in [-0.15, -0.1) is 23.2 Å². The molecule has 160 valence electrons. The number of amides is 3. The Morgan fingerprint density at radius 3 is 2.33 bits per heavy atom. The van der Waals surface area contributed by atoms with E-state index in [1.54, 1.807) is 25.1 Å². The van der Waals surface area contributed by atoms with Crippen molar-refractivity contribution in [2.45, 2.75) is 24.1 Å². The summed E-state index contributed by atoms with van der Waals surface area (Å²) < 4.78 is 4.96. The van der Waals surface area contributed by atoms with Crippen molar-refractivity contribution in [2.75, 3.05) is 18.5 Å². The predicted octanol–water partition coefficient (Wildman–Crippen LogP) is 2.60. The van der Waals surface area contributed by atoms with Gasteiger partial charge in [0.15, 0.2) is 6.61 Å². The Kier molecular flexibility index (Phi) is 5.72. The Hall–Kier alpha value is -1.83. The number of esters is 1. The molecule has 0 aromatic heterocycles. The number of ether oxygens (including phenoxy) is 1. The van der Waals surface area contributed by atoms with Crippen LogP contribution in [0.5, 0.6) is 0 Å². The number of likely N-dealkylation sites (tertiary alicyclic amines) is 1. The van der Waals surface area contributed by atoms with E-state index in [1.807, 2.05) is 0 Å². The van der Waals surface area contributed by atoms with Crippen LogP contribution in [0, 0.1) is 30.6 Å². The topological polar surface area (TPSA) is 92.8 Å². The number of alkyl halides is 2. The molecule has 0 unspecified atom stereocenters. The van der Waals surface area contributed by atoms with E-state index in [1.165, 1.54) is 0 Å². The zero-order valence-corrected chi connectivity index (χ0v) is 18.2. The van der Waals surface area contributed by atoms with Crippen molar-refractivity contribution < 1.29 is 23.9 Å². The van der Waals surface area contributed by atoms with Crippen molar-refractivity contribution in [2.24, 2.45) is 23.7 Å². The highest BCUT2D eigenvalue weighted by Gasteiger charge is 2.66. The van der Waals surface area contributed by atoms with Gasteiger partial charge >= 0.3 is 5.97 Å². The summed E-state index contributed by atoms with van der Waals surface area (Å²) in [6.45, 7) is 0.712. The summed E-state index contributed by atoms with van der Waals surface area (Å²) in [5.41, 5.74) is 1.30. The molecule has 4 rings (SSSR count). The molecular weight excluding hydrogens is 455 g/mol. The predicted molar refractivity (Wildman–Crippen MR) is 110 cm³/mol. The van der Waals surface area contributed by atoms with Crippen molar-refractivity contribution in [1.82, 2.24) is 4.90 Å². The van der Waals surface area contributed by atoms with Crippen molar-refractivity contribution in [3.8, 4) is 0 Å². The molecule has 1 saturated heterocycles. The highest BCUT2D eigenvalue weighted by atomic mass is 35.5. The normalized spacial score (nSPS) is 31.8. The van der Waals surface area contributed by atoms with E-state index < -0.39 is 48.7 Å². The summed E-state index contributed by atoms with van der Waals surface area (Å²) in [5.74, 6) is -3.60. The summed E-state index contributed by atoms with van der Waals surface area (Å²) in [6, 6.07) is 5.02. The first-order valence-corrected chi connectivity index (χ1v) is 10.8. The fourth-order valence-corrected chi connectivity index (χ4v) is 5.87. The minimum atomic E-state index is -0.841. The molecule has 3 fully saturated rings. The molecule has 7 nitrogen and oxygen atoms in total. The Bertz CT molecular complexity index is 907. The number of halogens is 3. The number of nitrogens with zero attached hydrogens (tertiary/aromatic N) is 1. The number of hydrogen-bond donors (Lipinski definition) is 1. The first-order valence-electron chi connectivity index (χ1n) is 9.54. The number of carbonyl (C=O) groups is 4. The molecule has 1 aliphatic heterocycles. The first kappa shape index (κ1) is 21.4. The number of benzene rings is 1. The molecule has 10 heteroatoms. The number of anilines is 1. The summed E-state index contributed by atoms with van der Waals surface area (Å²) in [7, 11) is 0. The molecule has 2 saturated carbocycles. The van der Waals surface area contributed by atoms with Gasteiger partial charge in [0.1, 0.15) is 6.54 Å². The van der Waals surface area contributed by atoms with Crippen molar-refractivity contribution in [3.05, 3.63) is 28.8 Å². The number of hydrogen-bond acceptors (Lipinski definition) is 5. The lowest BCUT2D eigenvalue weighted by Gasteiger charge is -2.28. The second-order valence-corrected chi connectivity index (χ2v) is 9.38. The molecule has 2 aliphatic carbocycles. The average molecular weight is 474 g/mol. The zero-order chi connectivity index (χ0) is 21.7. The van der Waals surface area contributed by atoms with E-state index in [0.717, 1.165) is 10.5 Å². The third-order valence-electron chi connectivity index (χ3n) is 6.20. The van der Waals surface area contributed by atoms with Crippen molar-refractivity contribution in [1.29, 1.82) is 0 Å². The van der Waals surface area contributed by atoms with Crippen LogP contribution in [0.25, 0.3) is 0 Å². The number of aryl methyl sites for hydroxylation is 1. The van der Waals surface area contributed by atoms with Crippen LogP contribution in [0.1, 0.15) is 12.0 Å². The minimum Gasteiger partial charge on any atom is -0.454 e. The van der Waals surface area contributed by atoms with Gasteiger partial charge in [0.2, 0.25) is 11.8 Å². The lowest BCUT2D eigenvalue weighted by atomic mass is 9.80. The van der Waals surface area contributed by atoms with Crippen LogP contribution in [0.15, 0.2) is 18.2 Å². The highest BCUT2D eigenvalue weighted by molar-refractivity contribution is 6.31. The third kappa shape index (κ3) is 3.57. The van der Waals surface area contributed by atoms with Gasteiger partial charge in [-0.2, -0.15) is 0 Å².